The molecule has 0 spiro atoms. The Hall–Kier alpha value is -2.15. The summed E-state index contributed by atoms with van der Waals surface area (Å²) in [7, 11) is 0. The van der Waals surface area contributed by atoms with Crippen LogP contribution in [-0.2, 0) is 6.54 Å². The van der Waals surface area contributed by atoms with Crippen molar-refractivity contribution in [2.24, 2.45) is 0 Å². The van der Waals surface area contributed by atoms with Gasteiger partial charge in [0.15, 0.2) is 0 Å². The quantitative estimate of drug-likeness (QED) is 0.939. The lowest BCUT2D eigenvalue weighted by molar-refractivity contribution is 0.194. The van der Waals surface area contributed by atoms with Crippen molar-refractivity contribution in [3.63, 3.8) is 0 Å². The van der Waals surface area contributed by atoms with E-state index in [2.05, 4.69) is 38.6 Å². The van der Waals surface area contributed by atoms with Crippen LogP contribution >= 0.6 is 11.3 Å². The molecule has 2 amide bonds. The Morgan fingerprint density at radius 1 is 1.32 bits per heavy atom. The first kappa shape index (κ1) is 14.8. The number of aromatic nitrogens is 2. The summed E-state index contributed by atoms with van der Waals surface area (Å²) in [6.07, 6.45) is 5.12. The van der Waals surface area contributed by atoms with Crippen molar-refractivity contribution >= 4 is 23.2 Å². The van der Waals surface area contributed by atoms with Gasteiger partial charge in [-0.25, -0.2) is 9.78 Å². The smallest absolute Gasteiger partial charge is 0.317 e. The lowest BCUT2D eigenvalue weighted by Gasteiger charge is -2.35. The monoisotopic (exact) mass is 317 g/mol. The van der Waals surface area contributed by atoms with Gasteiger partial charge in [0.2, 0.25) is 0 Å². The molecule has 0 saturated carbocycles. The van der Waals surface area contributed by atoms with Crippen LogP contribution in [0.3, 0.4) is 0 Å². The van der Waals surface area contributed by atoms with Crippen LogP contribution < -0.4 is 10.2 Å². The van der Waals surface area contributed by atoms with Crippen molar-refractivity contribution in [2.45, 2.75) is 13.5 Å². The Morgan fingerprint density at radius 3 is 2.77 bits per heavy atom. The predicted octanol–water partition coefficient (Wildman–Crippen LogP) is 1.88. The van der Waals surface area contributed by atoms with E-state index in [1.54, 1.807) is 29.9 Å². The van der Waals surface area contributed by atoms with Gasteiger partial charge in [-0.15, -0.1) is 11.3 Å². The molecule has 0 bridgehead atoms. The Balaban J connectivity index is 1.49. The summed E-state index contributed by atoms with van der Waals surface area (Å²) in [5, 5.41) is 5.05. The van der Waals surface area contributed by atoms with Crippen LogP contribution in [0.5, 0.6) is 0 Å². The molecule has 7 heteroatoms. The fourth-order valence-corrected chi connectivity index (χ4v) is 3.29. The molecule has 0 atom stereocenters. The maximum atomic E-state index is 12.2. The van der Waals surface area contributed by atoms with E-state index < -0.39 is 0 Å². The molecule has 1 fully saturated rings. The zero-order valence-electron chi connectivity index (χ0n) is 12.5. The van der Waals surface area contributed by atoms with Crippen molar-refractivity contribution in [2.75, 3.05) is 31.1 Å². The second kappa shape index (κ2) is 6.74. The average molecular weight is 317 g/mol. The van der Waals surface area contributed by atoms with Crippen molar-refractivity contribution in [3.05, 3.63) is 40.5 Å². The number of urea groups is 1. The zero-order valence-corrected chi connectivity index (χ0v) is 13.3. The van der Waals surface area contributed by atoms with E-state index in [0.717, 1.165) is 18.9 Å². The minimum atomic E-state index is 0.00611. The van der Waals surface area contributed by atoms with Gasteiger partial charge < -0.3 is 15.1 Å². The van der Waals surface area contributed by atoms with Crippen LogP contribution in [0.25, 0.3) is 0 Å². The number of nitrogens with one attached hydrogen (secondary N) is 1. The predicted molar refractivity (Wildman–Crippen MR) is 87.1 cm³/mol. The second-order valence-corrected chi connectivity index (χ2v) is 6.22. The molecule has 0 radical (unpaired) electrons. The van der Waals surface area contributed by atoms with Crippen LogP contribution in [0.2, 0.25) is 0 Å². The fraction of sp³-hybridized carbons (Fsp3) is 0.400. The van der Waals surface area contributed by atoms with Gasteiger partial charge in [0.25, 0.3) is 0 Å². The lowest BCUT2D eigenvalue weighted by Crippen LogP contribution is -2.51. The molecule has 22 heavy (non-hydrogen) atoms. The van der Waals surface area contributed by atoms with Gasteiger partial charge in [-0.3, -0.25) is 4.98 Å². The van der Waals surface area contributed by atoms with Crippen LogP contribution in [0.15, 0.2) is 30.0 Å². The number of rotatable bonds is 3. The zero-order chi connectivity index (χ0) is 15.4. The molecule has 2 aromatic rings. The Bertz CT molecular complexity index is 622. The number of aryl methyl sites for hydroxylation is 1. The number of carbonyl (C=O) groups is 1. The number of amides is 2. The third-order valence-corrected chi connectivity index (χ3v) is 4.83. The van der Waals surface area contributed by atoms with E-state index in [9.17, 15) is 4.79 Å². The average Bonchev–Trinajstić information content (AvgIpc) is 2.99. The maximum absolute atomic E-state index is 12.2. The van der Waals surface area contributed by atoms with E-state index in [0.29, 0.717) is 19.6 Å². The summed E-state index contributed by atoms with van der Waals surface area (Å²) in [5.74, 6) is 0.872. The second-order valence-electron chi connectivity index (χ2n) is 5.22. The number of hydrogen-bond acceptors (Lipinski definition) is 5. The standard InChI is InChI=1S/C15H19N5OS/c1-12-2-9-22-13(12)10-18-15(21)20-7-5-19(6-8-20)14-11-16-3-4-17-14/h2-4,9,11H,5-8,10H2,1H3,(H,18,21). The minimum absolute atomic E-state index is 0.00611. The molecule has 0 aromatic carbocycles. The molecule has 3 heterocycles. The van der Waals surface area contributed by atoms with Gasteiger partial charge in [-0.05, 0) is 23.9 Å². The topological polar surface area (TPSA) is 61.4 Å². The number of piperazine rings is 1. The molecule has 2 aromatic heterocycles. The summed E-state index contributed by atoms with van der Waals surface area (Å²) < 4.78 is 0. The fourth-order valence-electron chi connectivity index (χ4n) is 2.45. The summed E-state index contributed by atoms with van der Waals surface area (Å²) in [6.45, 7) is 5.64. The molecular formula is C15H19N5OS. The number of nitrogens with zero attached hydrogens (tertiary/aromatic N) is 4. The first-order valence-electron chi connectivity index (χ1n) is 7.31. The van der Waals surface area contributed by atoms with Crippen LogP contribution in [-0.4, -0.2) is 47.1 Å². The van der Waals surface area contributed by atoms with Crippen LogP contribution in [0.1, 0.15) is 10.4 Å². The highest BCUT2D eigenvalue weighted by Gasteiger charge is 2.21. The normalized spacial score (nSPS) is 15.0. The van der Waals surface area contributed by atoms with Crippen molar-refractivity contribution in [3.8, 4) is 0 Å². The van der Waals surface area contributed by atoms with E-state index in [1.165, 1.54) is 10.4 Å². The molecular weight excluding hydrogens is 298 g/mol. The van der Waals surface area contributed by atoms with Crippen molar-refractivity contribution < 1.29 is 4.79 Å². The SMILES string of the molecule is Cc1ccsc1CNC(=O)N1CCN(c2cnccn2)CC1. The van der Waals surface area contributed by atoms with Gasteiger partial charge in [0.05, 0.1) is 12.7 Å². The van der Waals surface area contributed by atoms with Gasteiger partial charge in [0, 0.05) is 43.4 Å². The first-order valence-corrected chi connectivity index (χ1v) is 8.19. The Labute approximate surface area is 133 Å². The number of hydrogen-bond donors (Lipinski definition) is 1. The van der Waals surface area contributed by atoms with E-state index in [1.807, 2.05) is 4.90 Å². The Kier molecular flexibility index (Phi) is 4.53. The number of thiophene rings is 1. The van der Waals surface area contributed by atoms with Gasteiger partial charge >= 0.3 is 6.03 Å². The van der Waals surface area contributed by atoms with Crippen molar-refractivity contribution in [1.82, 2.24) is 20.2 Å². The van der Waals surface area contributed by atoms with Crippen LogP contribution in [0, 0.1) is 6.92 Å². The molecule has 6 nitrogen and oxygen atoms in total. The highest BCUT2D eigenvalue weighted by atomic mass is 32.1. The lowest BCUT2D eigenvalue weighted by atomic mass is 10.3. The largest absolute Gasteiger partial charge is 0.352 e. The Morgan fingerprint density at radius 2 is 2.14 bits per heavy atom. The number of carbonyl (C=O) groups excluding carboxylic acids is 1. The van der Waals surface area contributed by atoms with E-state index >= 15 is 0 Å². The molecule has 116 valence electrons. The first-order chi connectivity index (χ1) is 10.7. The van der Waals surface area contributed by atoms with Crippen LogP contribution in [0.4, 0.5) is 10.6 Å². The van der Waals surface area contributed by atoms with Gasteiger partial charge in [-0.2, -0.15) is 0 Å². The van der Waals surface area contributed by atoms with Gasteiger partial charge in [-0.1, -0.05) is 0 Å². The molecule has 1 aliphatic rings. The molecule has 1 saturated heterocycles. The summed E-state index contributed by atoms with van der Waals surface area (Å²) in [6, 6.07) is 2.08. The van der Waals surface area contributed by atoms with Gasteiger partial charge in [0.1, 0.15) is 5.82 Å². The third-order valence-electron chi connectivity index (χ3n) is 3.81. The molecule has 0 aliphatic carbocycles. The van der Waals surface area contributed by atoms with E-state index in [4.69, 9.17) is 0 Å². The molecule has 0 unspecified atom stereocenters. The maximum Gasteiger partial charge on any atom is 0.317 e. The summed E-state index contributed by atoms with van der Waals surface area (Å²) in [5.41, 5.74) is 1.23. The number of anilines is 1. The summed E-state index contributed by atoms with van der Waals surface area (Å²) >= 11 is 1.68. The highest BCUT2D eigenvalue weighted by molar-refractivity contribution is 7.10. The molecule has 1 aliphatic heterocycles. The molecule has 1 N–H and O–H groups in total. The van der Waals surface area contributed by atoms with Crippen molar-refractivity contribution in [1.29, 1.82) is 0 Å². The van der Waals surface area contributed by atoms with E-state index in [-0.39, 0.29) is 6.03 Å². The highest BCUT2D eigenvalue weighted by Crippen LogP contribution is 2.15. The third kappa shape index (κ3) is 3.36. The summed E-state index contributed by atoms with van der Waals surface area (Å²) in [4.78, 5) is 25.8. The minimum Gasteiger partial charge on any atom is -0.352 e. The molecule has 3 rings (SSSR count).